The van der Waals surface area contributed by atoms with Crippen LogP contribution < -0.4 is 5.32 Å². The van der Waals surface area contributed by atoms with Crippen molar-refractivity contribution in [1.82, 2.24) is 4.57 Å². The van der Waals surface area contributed by atoms with E-state index in [-0.39, 0.29) is 0 Å². The molecule has 0 radical (unpaired) electrons. The van der Waals surface area contributed by atoms with Crippen molar-refractivity contribution in [3.8, 4) is 5.69 Å². The molecule has 1 unspecified atom stereocenters. The van der Waals surface area contributed by atoms with E-state index in [4.69, 9.17) is 0 Å². The van der Waals surface area contributed by atoms with Gasteiger partial charge in [-0.05, 0) is 83.8 Å². The molecule has 0 saturated heterocycles. The summed E-state index contributed by atoms with van der Waals surface area (Å²) in [7, 11) is 0. The Hall–Kier alpha value is -4.04. The first kappa shape index (κ1) is 20.3. The van der Waals surface area contributed by atoms with Gasteiger partial charge < -0.3 is 9.88 Å². The monoisotopic (exact) mass is 452 g/mol. The normalized spacial score (nSPS) is 19.4. The van der Waals surface area contributed by atoms with Crippen LogP contribution in [0.1, 0.15) is 24.8 Å². The van der Waals surface area contributed by atoms with Gasteiger partial charge in [0.15, 0.2) is 0 Å². The van der Waals surface area contributed by atoms with E-state index >= 15 is 0 Å². The van der Waals surface area contributed by atoms with Crippen LogP contribution >= 0.6 is 0 Å². The maximum Gasteiger partial charge on any atom is 0.0562 e. The van der Waals surface area contributed by atoms with Gasteiger partial charge in [0, 0.05) is 27.8 Å². The number of allylic oxidation sites excluding steroid dienone is 5. The lowest BCUT2D eigenvalue weighted by Crippen LogP contribution is -2.10. The lowest BCUT2D eigenvalue weighted by molar-refractivity contribution is 0.558. The highest BCUT2D eigenvalue weighted by Gasteiger charge is 2.21. The van der Waals surface area contributed by atoms with E-state index in [2.05, 4.69) is 114 Å². The molecule has 7 rings (SSSR count). The third-order valence-electron chi connectivity index (χ3n) is 7.72. The molecule has 2 heteroatoms. The predicted octanol–water partition coefficient (Wildman–Crippen LogP) is 8.70. The number of anilines is 1. The van der Waals surface area contributed by atoms with Crippen LogP contribution in [-0.4, -0.2) is 4.57 Å². The van der Waals surface area contributed by atoms with Gasteiger partial charge in [0.05, 0.1) is 11.0 Å². The van der Waals surface area contributed by atoms with E-state index in [0.29, 0.717) is 5.92 Å². The summed E-state index contributed by atoms with van der Waals surface area (Å²) in [5.74, 6) is 0.562. The summed E-state index contributed by atoms with van der Waals surface area (Å²) in [6, 6.07) is 28.7. The van der Waals surface area contributed by atoms with Gasteiger partial charge in [0.2, 0.25) is 0 Å². The molecule has 1 aliphatic heterocycles. The van der Waals surface area contributed by atoms with Crippen molar-refractivity contribution >= 4 is 38.3 Å². The van der Waals surface area contributed by atoms with Crippen LogP contribution in [-0.2, 0) is 6.42 Å². The molecule has 1 aromatic heterocycles. The molecular formula is C33H28N2. The number of hydrogen-bond acceptors (Lipinski definition) is 1. The minimum absolute atomic E-state index is 0.562. The second kappa shape index (κ2) is 8.02. The maximum atomic E-state index is 4.42. The van der Waals surface area contributed by atoms with Gasteiger partial charge in [-0.15, -0.1) is 0 Å². The second-order valence-corrected chi connectivity index (χ2v) is 9.90. The van der Waals surface area contributed by atoms with Gasteiger partial charge in [-0.25, -0.2) is 0 Å². The number of fused-ring (bicyclic) bond motifs is 7. The summed E-state index contributed by atoms with van der Waals surface area (Å²) in [4.78, 5) is 0. The number of nitrogens with one attached hydrogen (secondary N) is 1. The number of rotatable bonds is 1. The third-order valence-corrected chi connectivity index (χ3v) is 7.72. The Morgan fingerprint density at radius 2 is 1.71 bits per heavy atom. The Balaban J connectivity index is 1.55. The number of benzene rings is 4. The highest BCUT2D eigenvalue weighted by atomic mass is 15.0. The maximum absolute atomic E-state index is 4.42. The zero-order valence-electron chi connectivity index (χ0n) is 19.8. The van der Waals surface area contributed by atoms with E-state index in [1.54, 1.807) is 0 Å². The number of para-hydroxylation sites is 1. The largest absolute Gasteiger partial charge is 0.359 e. The van der Waals surface area contributed by atoms with E-state index in [9.17, 15) is 0 Å². The fourth-order valence-electron chi connectivity index (χ4n) is 6.06. The average molecular weight is 453 g/mol. The zero-order chi connectivity index (χ0) is 23.4. The van der Waals surface area contributed by atoms with Gasteiger partial charge in [-0.2, -0.15) is 0 Å². The van der Waals surface area contributed by atoms with Crippen LogP contribution in [0.5, 0.6) is 0 Å². The molecular weight excluding hydrogens is 424 g/mol. The molecule has 1 atom stereocenters. The van der Waals surface area contributed by atoms with E-state index in [1.807, 2.05) is 0 Å². The Bertz CT molecular complexity index is 1680. The first-order valence-corrected chi connectivity index (χ1v) is 12.6. The smallest absolute Gasteiger partial charge is 0.0562 e. The Kier molecular flexibility index (Phi) is 4.66. The van der Waals surface area contributed by atoms with Crippen molar-refractivity contribution in [2.45, 2.75) is 25.7 Å². The van der Waals surface area contributed by atoms with Crippen LogP contribution in [0.3, 0.4) is 0 Å². The molecule has 2 heterocycles. The number of hydrogen-bond donors (Lipinski definition) is 1. The van der Waals surface area contributed by atoms with E-state index in [0.717, 1.165) is 25.0 Å². The molecule has 0 spiro atoms. The topological polar surface area (TPSA) is 17.0 Å². The van der Waals surface area contributed by atoms with Gasteiger partial charge in [0.25, 0.3) is 0 Å². The summed E-state index contributed by atoms with van der Waals surface area (Å²) < 4.78 is 2.41. The Morgan fingerprint density at radius 1 is 0.857 bits per heavy atom. The van der Waals surface area contributed by atoms with Crippen LogP contribution in [0.15, 0.2) is 115 Å². The molecule has 0 amide bonds. The first-order valence-electron chi connectivity index (χ1n) is 12.6. The van der Waals surface area contributed by atoms with Crippen molar-refractivity contribution < 1.29 is 0 Å². The van der Waals surface area contributed by atoms with E-state index < -0.39 is 0 Å². The molecule has 2 nitrogen and oxygen atoms in total. The minimum Gasteiger partial charge on any atom is -0.359 e. The lowest BCUT2D eigenvalue weighted by atomic mass is 9.85. The Morgan fingerprint density at radius 3 is 2.63 bits per heavy atom. The van der Waals surface area contributed by atoms with Crippen LogP contribution in [0, 0.1) is 5.92 Å². The summed E-state index contributed by atoms with van der Waals surface area (Å²) in [5.41, 5.74) is 8.72. The summed E-state index contributed by atoms with van der Waals surface area (Å²) in [5, 5.41) is 8.94. The van der Waals surface area contributed by atoms with Crippen molar-refractivity contribution in [2.24, 2.45) is 5.92 Å². The number of aromatic nitrogens is 1. The predicted molar refractivity (Wildman–Crippen MR) is 149 cm³/mol. The molecule has 0 saturated carbocycles. The fraction of sp³-hybridized carbons (Fsp3) is 0.152. The number of nitrogens with zero attached hydrogens (tertiary/aromatic N) is 1. The van der Waals surface area contributed by atoms with E-state index in [1.165, 1.54) is 61.5 Å². The molecule has 4 aromatic carbocycles. The van der Waals surface area contributed by atoms with Gasteiger partial charge in [0.1, 0.15) is 0 Å². The quantitative estimate of drug-likeness (QED) is 0.269. The second-order valence-electron chi connectivity index (χ2n) is 9.90. The summed E-state index contributed by atoms with van der Waals surface area (Å²) in [6.07, 6.45) is 11.4. The molecule has 0 bridgehead atoms. The lowest BCUT2D eigenvalue weighted by Gasteiger charge is -2.22. The molecule has 35 heavy (non-hydrogen) atoms. The third kappa shape index (κ3) is 3.32. The van der Waals surface area contributed by atoms with Crippen LogP contribution in [0.25, 0.3) is 38.3 Å². The summed E-state index contributed by atoms with van der Waals surface area (Å²) >= 11 is 0. The van der Waals surface area contributed by atoms with Crippen molar-refractivity contribution in [3.63, 3.8) is 0 Å². The highest BCUT2D eigenvalue weighted by molar-refractivity contribution is 6.21. The van der Waals surface area contributed by atoms with Crippen molar-refractivity contribution in [1.29, 1.82) is 0 Å². The first-order chi connectivity index (χ1) is 17.3. The average Bonchev–Trinajstić information content (AvgIpc) is 3.24. The summed E-state index contributed by atoms with van der Waals surface area (Å²) in [6.45, 7) is 4.42. The molecule has 1 aliphatic carbocycles. The molecule has 5 aromatic rings. The highest BCUT2D eigenvalue weighted by Crippen LogP contribution is 2.40. The van der Waals surface area contributed by atoms with Gasteiger partial charge in [-0.3, -0.25) is 0 Å². The molecule has 1 N–H and O–H groups in total. The van der Waals surface area contributed by atoms with Gasteiger partial charge >= 0.3 is 0 Å². The Labute approximate surface area is 205 Å². The fourth-order valence-corrected chi connectivity index (χ4v) is 6.06. The zero-order valence-corrected chi connectivity index (χ0v) is 19.8. The standard InChI is InChI=1S/C33H28N2/c1-22-19-25-11-6-5-9-23(25)15-16-26-20-29-32(21-30(26)34-22)35(27-12-3-2-4-13-27)31-18-17-24-10-7-8-14-28(24)33(29)31/h2-5,7-10,12-15,17-18,20-21,25,34H,1,6,11,16,19H2/b23-15-. The minimum atomic E-state index is 0.562. The van der Waals surface area contributed by atoms with Crippen LogP contribution in [0.4, 0.5) is 5.69 Å². The SMILES string of the molecule is C=C1CC2CCC=C/C2=C/Cc2cc3c4c5ccccc5ccc4n(-c4ccccc4)c3cc2N1. The van der Waals surface area contributed by atoms with Gasteiger partial charge in [-0.1, -0.05) is 73.3 Å². The molecule has 0 fully saturated rings. The van der Waals surface area contributed by atoms with Crippen molar-refractivity contribution in [3.05, 3.63) is 121 Å². The molecule has 170 valence electrons. The van der Waals surface area contributed by atoms with Crippen LogP contribution in [0.2, 0.25) is 0 Å². The van der Waals surface area contributed by atoms with Crippen molar-refractivity contribution in [2.75, 3.05) is 5.32 Å². The molecule has 2 aliphatic rings.